The first kappa shape index (κ1) is 14.1. The molecule has 2 N–H and O–H groups in total. The van der Waals surface area contributed by atoms with E-state index in [9.17, 15) is 18.3 Å². The number of halogens is 3. The summed E-state index contributed by atoms with van der Waals surface area (Å²) in [5.74, 6) is 1.10. The van der Waals surface area contributed by atoms with Crippen molar-refractivity contribution in [3.05, 3.63) is 23.9 Å². The van der Waals surface area contributed by atoms with Gasteiger partial charge in [-0.15, -0.1) is 0 Å². The highest BCUT2D eigenvalue weighted by atomic mass is 19.4. The van der Waals surface area contributed by atoms with Crippen LogP contribution in [0, 0.1) is 11.8 Å². The Bertz CT molecular complexity index is 405. The molecule has 1 aromatic heterocycles. The second-order valence-electron chi connectivity index (χ2n) is 4.94. The lowest BCUT2D eigenvalue weighted by Gasteiger charge is -2.18. The summed E-state index contributed by atoms with van der Waals surface area (Å²) in [7, 11) is 0. The first-order valence-electron chi connectivity index (χ1n) is 6.38. The number of aromatic nitrogens is 1. The van der Waals surface area contributed by atoms with Crippen LogP contribution in [0.25, 0.3) is 0 Å². The van der Waals surface area contributed by atoms with E-state index >= 15 is 0 Å². The van der Waals surface area contributed by atoms with Crippen molar-refractivity contribution in [3.8, 4) is 0 Å². The summed E-state index contributed by atoms with van der Waals surface area (Å²) in [5.41, 5.74) is -0.743. The zero-order valence-corrected chi connectivity index (χ0v) is 10.5. The second kappa shape index (κ2) is 5.77. The average Bonchev–Trinajstić information content (AvgIpc) is 2.83. The fourth-order valence-corrected chi connectivity index (χ4v) is 2.52. The predicted molar refractivity (Wildman–Crippen MR) is 65.6 cm³/mol. The summed E-state index contributed by atoms with van der Waals surface area (Å²) in [6.07, 6.45) is -0.361. The van der Waals surface area contributed by atoms with Gasteiger partial charge in [0.2, 0.25) is 0 Å². The Balaban J connectivity index is 1.90. The van der Waals surface area contributed by atoms with E-state index in [0.29, 0.717) is 24.2 Å². The SMILES string of the molecule is OCC1CCCC1CNc1ccc(C(F)(F)F)cn1. The minimum absolute atomic E-state index is 0.173. The minimum Gasteiger partial charge on any atom is -0.396 e. The third kappa shape index (κ3) is 3.59. The van der Waals surface area contributed by atoms with Gasteiger partial charge in [-0.2, -0.15) is 13.2 Å². The van der Waals surface area contributed by atoms with Crippen molar-refractivity contribution in [1.82, 2.24) is 4.98 Å². The van der Waals surface area contributed by atoms with Gasteiger partial charge in [-0.1, -0.05) is 6.42 Å². The normalized spacial score (nSPS) is 23.6. The maximum atomic E-state index is 12.4. The molecule has 1 saturated carbocycles. The Morgan fingerprint density at radius 1 is 1.26 bits per heavy atom. The molecule has 0 bridgehead atoms. The second-order valence-corrected chi connectivity index (χ2v) is 4.94. The first-order chi connectivity index (χ1) is 9.00. The molecule has 1 heterocycles. The van der Waals surface area contributed by atoms with Crippen LogP contribution >= 0.6 is 0 Å². The molecule has 0 saturated heterocycles. The highest BCUT2D eigenvalue weighted by Crippen LogP contribution is 2.32. The topological polar surface area (TPSA) is 45.1 Å². The van der Waals surface area contributed by atoms with E-state index in [1.807, 2.05) is 0 Å². The number of hydrogen-bond acceptors (Lipinski definition) is 3. The molecular weight excluding hydrogens is 257 g/mol. The van der Waals surface area contributed by atoms with Gasteiger partial charge in [0, 0.05) is 19.3 Å². The van der Waals surface area contributed by atoms with Gasteiger partial charge in [0.15, 0.2) is 0 Å². The molecule has 1 aromatic rings. The van der Waals surface area contributed by atoms with Crippen molar-refractivity contribution in [2.45, 2.75) is 25.4 Å². The largest absolute Gasteiger partial charge is 0.417 e. The van der Waals surface area contributed by atoms with Gasteiger partial charge in [0.25, 0.3) is 0 Å². The van der Waals surface area contributed by atoms with Gasteiger partial charge >= 0.3 is 6.18 Å². The summed E-state index contributed by atoms with van der Waals surface area (Å²) in [5, 5.41) is 12.2. The van der Waals surface area contributed by atoms with Crippen molar-refractivity contribution in [3.63, 3.8) is 0 Å². The van der Waals surface area contributed by atoms with E-state index < -0.39 is 11.7 Å². The Hall–Kier alpha value is -1.30. The molecule has 2 unspecified atom stereocenters. The average molecular weight is 274 g/mol. The number of alkyl halides is 3. The highest BCUT2D eigenvalue weighted by Gasteiger charge is 2.31. The van der Waals surface area contributed by atoms with Crippen LogP contribution in [0.5, 0.6) is 0 Å². The van der Waals surface area contributed by atoms with E-state index in [1.165, 1.54) is 6.07 Å². The maximum Gasteiger partial charge on any atom is 0.417 e. The molecule has 6 heteroatoms. The van der Waals surface area contributed by atoms with E-state index in [0.717, 1.165) is 31.5 Å². The van der Waals surface area contributed by atoms with E-state index in [2.05, 4.69) is 10.3 Å². The van der Waals surface area contributed by atoms with Crippen molar-refractivity contribution in [2.24, 2.45) is 11.8 Å². The number of aliphatic hydroxyl groups excluding tert-OH is 1. The van der Waals surface area contributed by atoms with Crippen LogP contribution in [0.2, 0.25) is 0 Å². The number of rotatable bonds is 4. The molecule has 0 spiro atoms. The molecular formula is C13H17F3N2O. The lowest BCUT2D eigenvalue weighted by atomic mass is 9.97. The number of anilines is 1. The fraction of sp³-hybridized carbons (Fsp3) is 0.615. The molecule has 106 valence electrons. The molecule has 0 aromatic carbocycles. The van der Waals surface area contributed by atoms with Gasteiger partial charge in [0.1, 0.15) is 5.82 Å². The summed E-state index contributed by atoms with van der Waals surface area (Å²) in [6, 6.07) is 2.36. The molecule has 1 aliphatic rings. The molecule has 1 aliphatic carbocycles. The molecule has 2 rings (SSSR count). The van der Waals surface area contributed by atoms with E-state index in [4.69, 9.17) is 0 Å². The molecule has 3 nitrogen and oxygen atoms in total. The summed E-state index contributed by atoms with van der Waals surface area (Å²) >= 11 is 0. The third-order valence-corrected chi connectivity index (χ3v) is 3.69. The Morgan fingerprint density at radius 3 is 2.58 bits per heavy atom. The summed E-state index contributed by atoms with van der Waals surface area (Å²) in [6.45, 7) is 0.816. The maximum absolute atomic E-state index is 12.4. The molecule has 19 heavy (non-hydrogen) atoms. The van der Waals surface area contributed by atoms with Crippen LogP contribution in [0.1, 0.15) is 24.8 Å². The monoisotopic (exact) mass is 274 g/mol. The van der Waals surface area contributed by atoms with Crippen molar-refractivity contribution >= 4 is 5.82 Å². The number of aliphatic hydroxyl groups is 1. The number of nitrogens with one attached hydrogen (secondary N) is 1. The summed E-state index contributed by atoms with van der Waals surface area (Å²) in [4.78, 5) is 3.76. The van der Waals surface area contributed by atoms with Gasteiger partial charge in [-0.25, -0.2) is 4.98 Å². The quantitative estimate of drug-likeness (QED) is 0.887. The van der Waals surface area contributed by atoms with Crippen molar-refractivity contribution in [2.75, 3.05) is 18.5 Å². The lowest BCUT2D eigenvalue weighted by Crippen LogP contribution is -2.21. The number of pyridine rings is 1. The standard InChI is InChI=1S/C13H17F3N2O/c14-13(15,16)11-4-5-12(18-7-11)17-6-9-2-1-3-10(9)8-19/h4-5,7,9-10,19H,1-3,6,8H2,(H,17,18). The van der Waals surface area contributed by atoms with Crippen LogP contribution in [0.4, 0.5) is 19.0 Å². The number of nitrogens with zero attached hydrogens (tertiary/aromatic N) is 1. The predicted octanol–water partition coefficient (Wildman–Crippen LogP) is 2.92. The minimum atomic E-state index is -4.35. The fourth-order valence-electron chi connectivity index (χ4n) is 2.52. The summed E-state index contributed by atoms with van der Waals surface area (Å²) < 4.78 is 37.1. The molecule has 2 atom stereocenters. The van der Waals surface area contributed by atoms with E-state index in [-0.39, 0.29) is 6.61 Å². The van der Waals surface area contributed by atoms with Crippen LogP contribution < -0.4 is 5.32 Å². The van der Waals surface area contributed by atoms with Gasteiger partial charge in [-0.3, -0.25) is 0 Å². The van der Waals surface area contributed by atoms with Crippen LogP contribution in [0.3, 0.4) is 0 Å². The van der Waals surface area contributed by atoms with Crippen molar-refractivity contribution in [1.29, 1.82) is 0 Å². The van der Waals surface area contributed by atoms with Crippen LogP contribution in [-0.4, -0.2) is 23.2 Å². The third-order valence-electron chi connectivity index (χ3n) is 3.69. The van der Waals surface area contributed by atoms with Gasteiger partial charge in [-0.05, 0) is 36.8 Å². The smallest absolute Gasteiger partial charge is 0.396 e. The first-order valence-corrected chi connectivity index (χ1v) is 6.38. The zero-order valence-electron chi connectivity index (χ0n) is 10.5. The Kier molecular flexibility index (Phi) is 4.29. The van der Waals surface area contributed by atoms with E-state index in [1.54, 1.807) is 0 Å². The van der Waals surface area contributed by atoms with Gasteiger partial charge in [0.05, 0.1) is 5.56 Å². The van der Waals surface area contributed by atoms with Crippen LogP contribution in [0.15, 0.2) is 18.3 Å². The number of hydrogen-bond donors (Lipinski definition) is 2. The highest BCUT2D eigenvalue weighted by molar-refractivity contribution is 5.36. The molecule has 1 fully saturated rings. The Morgan fingerprint density at radius 2 is 2.00 bits per heavy atom. The molecule has 0 radical (unpaired) electrons. The zero-order chi connectivity index (χ0) is 13.9. The lowest BCUT2D eigenvalue weighted by molar-refractivity contribution is -0.137. The molecule has 0 aliphatic heterocycles. The Labute approximate surface area is 109 Å². The molecule has 0 amide bonds. The van der Waals surface area contributed by atoms with Gasteiger partial charge < -0.3 is 10.4 Å². The van der Waals surface area contributed by atoms with Crippen LogP contribution in [-0.2, 0) is 6.18 Å². The van der Waals surface area contributed by atoms with Crippen molar-refractivity contribution < 1.29 is 18.3 Å².